The molecule has 0 amide bonds. The molecule has 5 aliphatic heterocycles. The highest BCUT2D eigenvalue weighted by Crippen LogP contribution is 2.72. The van der Waals surface area contributed by atoms with Crippen LogP contribution in [0, 0.1) is 10.8 Å². The maximum atomic E-state index is 13.3. The van der Waals surface area contributed by atoms with Crippen LogP contribution in [0.4, 0.5) is 0 Å². The first-order valence-electron chi connectivity index (χ1n) is 13.7. The van der Waals surface area contributed by atoms with Crippen LogP contribution in [-0.2, 0) is 38.0 Å². The predicted octanol–water partition coefficient (Wildman–Crippen LogP) is 1.40. The first kappa shape index (κ1) is 25.6. The van der Waals surface area contributed by atoms with E-state index in [1.807, 2.05) is 0 Å². The van der Waals surface area contributed by atoms with Crippen molar-refractivity contribution in [2.75, 3.05) is 19.8 Å². The molecule has 0 aromatic rings. The fourth-order valence-electron chi connectivity index (χ4n) is 8.14. The van der Waals surface area contributed by atoms with Gasteiger partial charge in [-0.3, -0.25) is 0 Å². The Bertz CT molecular complexity index is 1210. The molecule has 210 valence electrons. The molecular weight excluding hydrogens is 508 g/mol. The summed E-state index contributed by atoms with van der Waals surface area (Å²) in [4.78, 5) is 26.4. The molecule has 7 rings (SSSR count). The number of allylic oxidation sites excluding steroid dienone is 3. The molecular formula is C29H34O10. The Morgan fingerprint density at radius 2 is 1.82 bits per heavy atom. The lowest BCUT2D eigenvalue weighted by Gasteiger charge is -2.58. The minimum Gasteiger partial charge on any atom is -0.462 e. The van der Waals surface area contributed by atoms with Gasteiger partial charge in [-0.25, -0.2) is 9.59 Å². The summed E-state index contributed by atoms with van der Waals surface area (Å²) < 4.78 is 36.5. The van der Waals surface area contributed by atoms with Crippen molar-refractivity contribution in [1.82, 2.24) is 0 Å². The number of esters is 2. The number of epoxide rings is 1. The van der Waals surface area contributed by atoms with Crippen molar-refractivity contribution in [2.24, 2.45) is 10.8 Å². The van der Waals surface area contributed by atoms with Crippen molar-refractivity contribution in [2.45, 2.75) is 87.5 Å². The number of aliphatic hydroxyl groups excluding tert-OH is 2. The fraction of sp³-hybridized carbons (Fsp3) is 0.655. The van der Waals surface area contributed by atoms with Crippen molar-refractivity contribution < 1.29 is 48.2 Å². The largest absolute Gasteiger partial charge is 0.462 e. The standard InChI is InChI=1S/C29H34O10/c1-16-6-9-27-14-34-22(31)12-17-7-10-35-28(23(32)25(33)39-24(17)28)8-4-3-5-21(30)38-18-13-20(37-19(27)11-16)29(15-36-29)26(18,27)2/h3-5,8,11-12,18-20,23-25,32-33H,6-7,9-10,13-15H2,1-2H3/t18-,19-,20-,23?,24-,25?,26-,27-,28-,29?/m1/s1. The molecule has 10 atom stereocenters. The average Bonchev–Trinajstić information content (AvgIpc) is 3.64. The van der Waals surface area contributed by atoms with E-state index in [-0.39, 0.29) is 25.4 Å². The van der Waals surface area contributed by atoms with E-state index in [9.17, 15) is 19.8 Å². The molecule has 5 fully saturated rings. The van der Waals surface area contributed by atoms with Crippen LogP contribution in [0.5, 0.6) is 0 Å². The van der Waals surface area contributed by atoms with Crippen LogP contribution in [-0.4, -0.2) is 90.0 Å². The van der Waals surface area contributed by atoms with Crippen LogP contribution >= 0.6 is 0 Å². The molecule has 2 N–H and O–H groups in total. The van der Waals surface area contributed by atoms with Crippen molar-refractivity contribution >= 4 is 11.9 Å². The number of rotatable bonds is 0. The third-order valence-corrected chi connectivity index (χ3v) is 10.4. The van der Waals surface area contributed by atoms with Gasteiger partial charge < -0.3 is 38.6 Å². The average molecular weight is 543 g/mol. The first-order chi connectivity index (χ1) is 18.7. The second-order valence-electron chi connectivity index (χ2n) is 12.1. The Morgan fingerprint density at radius 3 is 2.62 bits per heavy atom. The lowest BCUT2D eigenvalue weighted by molar-refractivity contribution is -0.232. The third-order valence-electron chi connectivity index (χ3n) is 10.4. The second-order valence-corrected chi connectivity index (χ2v) is 12.1. The molecule has 4 bridgehead atoms. The molecule has 0 aromatic carbocycles. The lowest BCUT2D eigenvalue weighted by Crippen LogP contribution is -2.66. The predicted molar refractivity (Wildman–Crippen MR) is 133 cm³/mol. The van der Waals surface area contributed by atoms with E-state index in [1.54, 1.807) is 12.2 Å². The molecule has 10 nitrogen and oxygen atoms in total. The summed E-state index contributed by atoms with van der Waals surface area (Å²) in [7, 11) is 0. The van der Waals surface area contributed by atoms with Crippen LogP contribution in [0.25, 0.3) is 0 Å². The maximum absolute atomic E-state index is 13.3. The van der Waals surface area contributed by atoms with Crippen molar-refractivity contribution in [3.05, 3.63) is 47.6 Å². The van der Waals surface area contributed by atoms with Gasteiger partial charge in [-0.05, 0) is 37.8 Å². The fourth-order valence-corrected chi connectivity index (χ4v) is 8.14. The second kappa shape index (κ2) is 8.58. The third kappa shape index (κ3) is 3.36. The van der Waals surface area contributed by atoms with Crippen molar-refractivity contribution in [3.63, 3.8) is 0 Å². The summed E-state index contributed by atoms with van der Waals surface area (Å²) in [6, 6.07) is 0. The molecule has 10 heteroatoms. The van der Waals surface area contributed by atoms with E-state index in [0.717, 1.165) is 6.42 Å². The normalized spacial score (nSPS) is 50.5. The number of aliphatic hydroxyl groups is 2. The van der Waals surface area contributed by atoms with Crippen LogP contribution in [0.1, 0.15) is 39.5 Å². The zero-order chi connectivity index (χ0) is 27.2. The highest BCUT2D eigenvalue weighted by molar-refractivity contribution is 5.83. The number of carbonyl (C=O) groups excluding carboxylic acids is 2. The number of carbonyl (C=O) groups is 2. The van der Waals surface area contributed by atoms with Gasteiger partial charge in [0.05, 0.1) is 30.8 Å². The Kier molecular flexibility index (Phi) is 5.64. The Hall–Kier alpha value is -2.34. The highest BCUT2D eigenvalue weighted by Gasteiger charge is 2.83. The lowest BCUT2D eigenvalue weighted by atomic mass is 9.51. The van der Waals surface area contributed by atoms with Gasteiger partial charge in [0.2, 0.25) is 0 Å². The zero-order valence-electron chi connectivity index (χ0n) is 22.0. The topological polar surface area (TPSA) is 133 Å². The molecule has 7 aliphatic rings. The molecule has 0 aromatic heterocycles. The molecule has 2 spiro atoms. The van der Waals surface area contributed by atoms with E-state index in [2.05, 4.69) is 19.9 Å². The van der Waals surface area contributed by atoms with Gasteiger partial charge >= 0.3 is 11.9 Å². The molecule has 0 radical (unpaired) electrons. The quantitative estimate of drug-likeness (QED) is 0.263. The van der Waals surface area contributed by atoms with Crippen LogP contribution in [0.2, 0.25) is 0 Å². The number of hydrogen-bond donors (Lipinski definition) is 2. The van der Waals surface area contributed by atoms with E-state index < -0.39 is 58.6 Å². The van der Waals surface area contributed by atoms with E-state index in [0.29, 0.717) is 31.4 Å². The summed E-state index contributed by atoms with van der Waals surface area (Å²) in [5.41, 5.74) is -1.58. The summed E-state index contributed by atoms with van der Waals surface area (Å²) in [5, 5.41) is 21.1. The summed E-state index contributed by atoms with van der Waals surface area (Å²) >= 11 is 0. The monoisotopic (exact) mass is 542 g/mol. The Balaban J connectivity index is 1.32. The molecule has 39 heavy (non-hydrogen) atoms. The van der Waals surface area contributed by atoms with E-state index in [4.69, 9.17) is 28.4 Å². The highest BCUT2D eigenvalue weighted by atomic mass is 16.7. The van der Waals surface area contributed by atoms with Gasteiger partial charge in [-0.15, -0.1) is 0 Å². The first-order valence-corrected chi connectivity index (χ1v) is 13.7. The van der Waals surface area contributed by atoms with E-state index in [1.165, 1.54) is 23.8 Å². The van der Waals surface area contributed by atoms with Crippen LogP contribution in [0.3, 0.4) is 0 Å². The van der Waals surface area contributed by atoms with Gasteiger partial charge in [0.25, 0.3) is 0 Å². The minimum atomic E-state index is -1.51. The van der Waals surface area contributed by atoms with Gasteiger partial charge in [-0.2, -0.15) is 0 Å². The van der Waals surface area contributed by atoms with Gasteiger partial charge in [-0.1, -0.05) is 30.7 Å². The molecule has 1 saturated carbocycles. The van der Waals surface area contributed by atoms with Crippen molar-refractivity contribution in [1.29, 1.82) is 0 Å². The van der Waals surface area contributed by atoms with Crippen LogP contribution < -0.4 is 0 Å². The summed E-state index contributed by atoms with van der Waals surface area (Å²) in [6.45, 7) is 4.93. The number of ether oxygens (including phenoxy) is 6. The molecule has 4 saturated heterocycles. The summed E-state index contributed by atoms with van der Waals surface area (Å²) in [6.07, 6.45) is 6.94. The smallest absolute Gasteiger partial charge is 0.331 e. The maximum Gasteiger partial charge on any atom is 0.331 e. The minimum absolute atomic E-state index is 0.0562. The Morgan fingerprint density at radius 1 is 1.00 bits per heavy atom. The number of cyclic esters (lactones) is 1. The van der Waals surface area contributed by atoms with Gasteiger partial charge in [0.1, 0.15) is 36.1 Å². The van der Waals surface area contributed by atoms with Gasteiger partial charge in [0, 0.05) is 24.0 Å². The van der Waals surface area contributed by atoms with Crippen LogP contribution in [0.15, 0.2) is 47.6 Å². The van der Waals surface area contributed by atoms with Gasteiger partial charge in [0.15, 0.2) is 6.29 Å². The number of hydrogen-bond acceptors (Lipinski definition) is 10. The molecule has 2 aliphatic carbocycles. The summed E-state index contributed by atoms with van der Waals surface area (Å²) in [5.74, 6) is -1.08. The van der Waals surface area contributed by atoms with E-state index >= 15 is 0 Å². The zero-order valence-corrected chi connectivity index (χ0v) is 22.0. The Labute approximate surface area is 226 Å². The van der Waals surface area contributed by atoms with Crippen molar-refractivity contribution in [3.8, 4) is 0 Å². The molecule has 5 heterocycles. The SMILES string of the molecule is CC1=C[C@H]2O[C@@H]3C[C@H]4OC(=O)C=CC=C[C@]56OCCC(=CC(=O)OC[C@@]2(CC1)[C@]4(C)C31CO1)[C@H]5OC(O)C6O. The molecule has 3 unspecified atom stereocenters.